The molecule has 2 aliphatic rings. The fourth-order valence-electron chi connectivity index (χ4n) is 4.85. The number of methoxy groups -OCH3 is 1. The van der Waals surface area contributed by atoms with Crippen molar-refractivity contribution in [1.29, 1.82) is 0 Å². The van der Waals surface area contributed by atoms with Gasteiger partial charge in [-0.25, -0.2) is 3.11 Å². The summed E-state index contributed by atoms with van der Waals surface area (Å²) in [6, 6.07) is 19.4. The van der Waals surface area contributed by atoms with Gasteiger partial charge in [0.05, 0.1) is 13.2 Å². The minimum atomic E-state index is 0.473. The van der Waals surface area contributed by atoms with Crippen molar-refractivity contribution in [2.45, 2.75) is 57.3 Å². The molecule has 0 saturated carbocycles. The molecule has 3 atom stereocenters. The van der Waals surface area contributed by atoms with Crippen molar-refractivity contribution in [2.24, 2.45) is 0 Å². The maximum absolute atomic E-state index is 5.32. The number of rotatable bonds is 5. The average Bonchev–Trinajstić information content (AvgIpc) is 2.95. The highest BCUT2D eigenvalue weighted by atomic mass is 127. The van der Waals surface area contributed by atoms with E-state index in [1.54, 1.807) is 7.11 Å². The lowest BCUT2D eigenvalue weighted by molar-refractivity contribution is 0.0704. The highest BCUT2D eigenvalue weighted by molar-refractivity contribution is 14.1. The Balaban J connectivity index is 1.62. The predicted octanol–water partition coefficient (Wildman–Crippen LogP) is 5.56. The standard InChI is InChI=1S/C23H29IN2O/c1-16(2)20-6-4-5-7-21(20)23-22-13-10-18(15-26(23)24)25(22)14-17-8-11-19(27-3)12-9-17/h4-9,11-12,16,18,22-23H,10,13-15H2,1-3H3. The zero-order chi connectivity index (χ0) is 19.0. The third-order valence-corrected chi connectivity index (χ3v) is 7.20. The monoisotopic (exact) mass is 476 g/mol. The molecule has 144 valence electrons. The second-order valence-corrected chi connectivity index (χ2v) is 9.37. The summed E-state index contributed by atoms with van der Waals surface area (Å²) < 4.78 is 7.89. The largest absolute Gasteiger partial charge is 0.497 e. The van der Waals surface area contributed by atoms with E-state index in [2.05, 4.69) is 93.3 Å². The van der Waals surface area contributed by atoms with Crippen LogP contribution < -0.4 is 4.74 Å². The Morgan fingerprint density at radius 1 is 1.07 bits per heavy atom. The molecule has 2 aromatic rings. The molecule has 4 rings (SSSR count). The molecule has 3 nitrogen and oxygen atoms in total. The van der Waals surface area contributed by atoms with Crippen molar-refractivity contribution in [3.8, 4) is 5.75 Å². The topological polar surface area (TPSA) is 15.7 Å². The molecule has 4 heteroatoms. The Hall–Kier alpha value is -1.11. The van der Waals surface area contributed by atoms with Crippen LogP contribution in [0.5, 0.6) is 5.75 Å². The molecule has 2 heterocycles. The van der Waals surface area contributed by atoms with Gasteiger partial charge >= 0.3 is 0 Å². The van der Waals surface area contributed by atoms with E-state index in [-0.39, 0.29) is 0 Å². The van der Waals surface area contributed by atoms with Gasteiger partial charge in [0.25, 0.3) is 0 Å². The van der Waals surface area contributed by atoms with Crippen LogP contribution in [0.3, 0.4) is 0 Å². The summed E-state index contributed by atoms with van der Waals surface area (Å²) in [5.74, 6) is 1.49. The van der Waals surface area contributed by atoms with Crippen molar-refractivity contribution in [3.63, 3.8) is 0 Å². The lowest BCUT2D eigenvalue weighted by atomic mass is 9.88. The molecular weight excluding hydrogens is 447 g/mol. The average molecular weight is 476 g/mol. The van der Waals surface area contributed by atoms with Gasteiger partial charge in [-0.05, 0) is 47.6 Å². The van der Waals surface area contributed by atoms with Crippen molar-refractivity contribution in [3.05, 3.63) is 65.2 Å². The van der Waals surface area contributed by atoms with Crippen LogP contribution in [0.15, 0.2) is 48.5 Å². The minimum absolute atomic E-state index is 0.473. The third-order valence-electron chi connectivity index (χ3n) is 6.20. The molecule has 2 aliphatic heterocycles. The van der Waals surface area contributed by atoms with Crippen molar-refractivity contribution >= 4 is 22.9 Å². The zero-order valence-electron chi connectivity index (χ0n) is 16.4. The Bertz CT molecular complexity index is 776. The second kappa shape index (κ2) is 8.10. The summed E-state index contributed by atoms with van der Waals surface area (Å²) >= 11 is 2.57. The van der Waals surface area contributed by atoms with E-state index in [1.807, 2.05) is 0 Å². The predicted molar refractivity (Wildman–Crippen MR) is 119 cm³/mol. The molecule has 0 N–H and O–H groups in total. The summed E-state index contributed by atoms with van der Waals surface area (Å²) in [5, 5.41) is 0. The maximum atomic E-state index is 5.32. The first-order valence-corrected chi connectivity index (χ1v) is 10.9. The first-order valence-electron chi connectivity index (χ1n) is 9.98. The lowest BCUT2D eigenvalue weighted by Crippen LogP contribution is -2.51. The quantitative estimate of drug-likeness (QED) is 0.415. The van der Waals surface area contributed by atoms with Crippen LogP contribution in [0.2, 0.25) is 0 Å². The number of piperazine rings is 1. The molecular formula is C23H29IN2O. The lowest BCUT2D eigenvalue weighted by Gasteiger charge is -2.45. The van der Waals surface area contributed by atoms with E-state index in [0.29, 0.717) is 24.0 Å². The Labute approximate surface area is 177 Å². The van der Waals surface area contributed by atoms with Crippen LogP contribution in [0, 0.1) is 0 Å². The van der Waals surface area contributed by atoms with E-state index in [9.17, 15) is 0 Å². The first-order chi connectivity index (χ1) is 13.1. The van der Waals surface area contributed by atoms with E-state index in [1.165, 1.54) is 29.5 Å². The van der Waals surface area contributed by atoms with Gasteiger partial charge in [-0.15, -0.1) is 0 Å². The van der Waals surface area contributed by atoms with Crippen molar-refractivity contribution in [2.75, 3.05) is 13.7 Å². The Morgan fingerprint density at radius 2 is 1.81 bits per heavy atom. The third kappa shape index (κ3) is 3.76. The fraction of sp³-hybridized carbons (Fsp3) is 0.478. The van der Waals surface area contributed by atoms with Gasteiger partial charge in [-0.1, -0.05) is 50.2 Å². The SMILES string of the molecule is COc1ccc(CN2C3CCC2C(c2ccccc2C(C)C)N(I)C3)cc1. The summed E-state index contributed by atoms with van der Waals surface area (Å²) in [6.07, 6.45) is 2.60. The Morgan fingerprint density at radius 3 is 2.52 bits per heavy atom. The number of hydrogen-bond acceptors (Lipinski definition) is 3. The number of halogens is 1. The number of benzene rings is 2. The molecule has 0 aliphatic carbocycles. The van der Waals surface area contributed by atoms with Gasteiger partial charge in [0.1, 0.15) is 5.75 Å². The number of nitrogens with zero attached hydrogens (tertiary/aromatic N) is 2. The molecule has 2 aromatic carbocycles. The summed E-state index contributed by atoms with van der Waals surface area (Å²) in [4.78, 5) is 2.76. The zero-order valence-corrected chi connectivity index (χ0v) is 18.6. The Kier molecular flexibility index (Phi) is 5.76. The highest BCUT2D eigenvalue weighted by Gasteiger charge is 2.46. The number of fused-ring (bicyclic) bond motifs is 2. The number of hydrogen-bond donors (Lipinski definition) is 0. The normalized spacial score (nSPS) is 25.9. The molecule has 2 fully saturated rings. The fourth-order valence-corrected chi connectivity index (χ4v) is 5.98. The first kappa shape index (κ1) is 19.2. The van der Waals surface area contributed by atoms with E-state index < -0.39 is 0 Å². The van der Waals surface area contributed by atoms with Gasteiger partial charge in [0, 0.05) is 48.0 Å². The van der Waals surface area contributed by atoms with Crippen LogP contribution in [-0.4, -0.2) is 33.8 Å². The summed E-state index contributed by atoms with van der Waals surface area (Å²) in [6.45, 7) is 6.80. The summed E-state index contributed by atoms with van der Waals surface area (Å²) in [7, 11) is 1.73. The molecule has 0 radical (unpaired) electrons. The number of ether oxygens (including phenoxy) is 1. The molecule has 3 unspecified atom stereocenters. The van der Waals surface area contributed by atoms with Crippen LogP contribution in [0.4, 0.5) is 0 Å². The van der Waals surface area contributed by atoms with Crippen molar-refractivity contribution < 1.29 is 4.74 Å². The van der Waals surface area contributed by atoms with Crippen LogP contribution in [0.25, 0.3) is 0 Å². The molecule has 0 amide bonds. The van der Waals surface area contributed by atoms with Gasteiger partial charge < -0.3 is 4.74 Å². The molecule has 2 saturated heterocycles. The van der Waals surface area contributed by atoms with Gasteiger partial charge in [-0.3, -0.25) is 4.90 Å². The van der Waals surface area contributed by atoms with Crippen LogP contribution in [0.1, 0.15) is 55.3 Å². The van der Waals surface area contributed by atoms with Gasteiger partial charge in [0.15, 0.2) is 0 Å². The van der Waals surface area contributed by atoms with Gasteiger partial charge in [0.2, 0.25) is 0 Å². The van der Waals surface area contributed by atoms with Crippen LogP contribution in [-0.2, 0) is 6.54 Å². The smallest absolute Gasteiger partial charge is 0.118 e. The highest BCUT2D eigenvalue weighted by Crippen LogP contribution is 2.45. The van der Waals surface area contributed by atoms with Gasteiger partial charge in [-0.2, -0.15) is 0 Å². The van der Waals surface area contributed by atoms with E-state index in [0.717, 1.165) is 18.8 Å². The summed E-state index contributed by atoms with van der Waals surface area (Å²) in [5.41, 5.74) is 4.40. The molecule has 27 heavy (non-hydrogen) atoms. The van der Waals surface area contributed by atoms with E-state index in [4.69, 9.17) is 4.74 Å². The second-order valence-electron chi connectivity index (χ2n) is 8.13. The van der Waals surface area contributed by atoms with Crippen molar-refractivity contribution in [1.82, 2.24) is 8.01 Å². The van der Waals surface area contributed by atoms with E-state index >= 15 is 0 Å². The molecule has 2 bridgehead atoms. The minimum Gasteiger partial charge on any atom is -0.497 e. The molecule has 0 spiro atoms. The molecule has 0 aromatic heterocycles. The van der Waals surface area contributed by atoms with Crippen LogP contribution >= 0.6 is 22.9 Å². The maximum Gasteiger partial charge on any atom is 0.118 e.